The Morgan fingerprint density at radius 3 is 0.955 bits per heavy atom. The smallest absolute Gasteiger partial charge is 0.394 e. The second kappa shape index (κ2) is 12.8. The number of nitrogens with zero attached hydrogens (tertiary/aromatic N) is 3. The summed E-state index contributed by atoms with van der Waals surface area (Å²) in [4.78, 5) is 11.3. The Bertz CT molecular complexity index is 497. The van der Waals surface area contributed by atoms with Crippen molar-refractivity contribution in [2.75, 3.05) is 0 Å². The molecule has 3 rings (SSSR count). The molecular formula is C18H18IrN3. The molecule has 0 bridgehead atoms. The summed E-state index contributed by atoms with van der Waals surface area (Å²) >= 11 is 0. The van der Waals surface area contributed by atoms with Crippen LogP contribution >= 0.6 is 0 Å². The second-order valence-electron chi connectivity index (χ2n) is 4.30. The van der Waals surface area contributed by atoms with Gasteiger partial charge in [0.15, 0.2) is 0 Å². The summed E-state index contributed by atoms with van der Waals surface area (Å²) in [7, 11) is 0. The predicted octanol–water partition coefficient (Wildman–Crippen LogP) is 3.57. The molecule has 0 saturated carbocycles. The summed E-state index contributed by atoms with van der Waals surface area (Å²) in [5.41, 5.74) is 3.26. The van der Waals surface area contributed by atoms with E-state index in [4.69, 9.17) is 0 Å². The van der Waals surface area contributed by atoms with Gasteiger partial charge in [-0.05, 0) is 0 Å². The van der Waals surface area contributed by atoms with E-state index in [0.29, 0.717) is 0 Å². The Labute approximate surface area is 146 Å². The van der Waals surface area contributed by atoms with Gasteiger partial charge in [0.1, 0.15) is 0 Å². The van der Waals surface area contributed by atoms with Gasteiger partial charge in [-0.1, -0.05) is 58.0 Å². The third-order valence-corrected chi connectivity index (χ3v) is 2.24. The van der Waals surface area contributed by atoms with Crippen LogP contribution in [0.2, 0.25) is 0 Å². The van der Waals surface area contributed by atoms with Crippen molar-refractivity contribution in [1.82, 2.24) is 15.0 Å². The van der Waals surface area contributed by atoms with Crippen LogP contribution in [0.3, 0.4) is 0 Å². The number of rotatable bonds is 0. The minimum Gasteiger partial charge on any atom is -0.394 e. The number of pyridine rings is 3. The zero-order valence-corrected chi connectivity index (χ0v) is 15.3. The average molecular weight is 469 g/mol. The normalized spacial score (nSPS) is 8.32. The Morgan fingerprint density at radius 2 is 0.864 bits per heavy atom. The maximum absolute atomic E-state index is 3.76. The molecule has 114 valence electrons. The van der Waals surface area contributed by atoms with Gasteiger partial charge in [0.05, 0.1) is 0 Å². The van der Waals surface area contributed by atoms with Crippen LogP contribution in [-0.2, 0) is 20.1 Å². The summed E-state index contributed by atoms with van der Waals surface area (Å²) < 4.78 is 0. The van der Waals surface area contributed by atoms with E-state index in [0.717, 1.165) is 16.7 Å². The number of hydrogen-bond acceptors (Lipinski definition) is 3. The summed E-state index contributed by atoms with van der Waals surface area (Å²) in [6, 6.07) is 11.6. The molecule has 0 fully saturated rings. The summed E-state index contributed by atoms with van der Waals surface area (Å²) in [6.45, 7) is 5.90. The quantitative estimate of drug-likeness (QED) is 0.474. The molecule has 0 aliphatic rings. The Morgan fingerprint density at radius 1 is 0.591 bits per heavy atom. The van der Waals surface area contributed by atoms with Crippen LogP contribution in [0.5, 0.6) is 0 Å². The third-order valence-electron chi connectivity index (χ3n) is 2.24. The second-order valence-corrected chi connectivity index (χ2v) is 4.30. The van der Waals surface area contributed by atoms with E-state index in [1.165, 1.54) is 0 Å². The van der Waals surface area contributed by atoms with Gasteiger partial charge < -0.3 is 15.0 Å². The maximum atomic E-state index is 3.76. The minimum atomic E-state index is 0. The summed E-state index contributed by atoms with van der Waals surface area (Å²) in [5.74, 6) is 0. The Hall–Kier alpha value is -1.90. The van der Waals surface area contributed by atoms with Crippen molar-refractivity contribution in [3.05, 3.63) is 90.3 Å². The van der Waals surface area contributed by atoms with Crippen molar-refractivity contribution in [1.29, 1.82) is 0 Å². The third kappa shape index (κ3) is 10.8. The Kier molecular flexibility index (Phi) is 11.7. The first-order valence-electron chi connectivity index (χ1n) is 6.56. The SMILES string of the molecule is Cc1[c-]nccc1.Cc1[c-]nccc1.Cc1[c-]nccc1.[Ir+3]. The van der Waals surface area contributed by atoms with E-state index in [-0.39, 0.29) is 20.1 Å². The molecule has 0 radical (unpaired) electrons. The van der Waals surface area contributed by atoms with Crippen molar-refractivity contribution >= 4 is 0 Å². The molecule has 0 amide bonds. The van der Waals surface area contributed by atoms with Gasteiger partial charge in [-0.3, -0.25) is 0 Å². The number of aromatic nitrogens is 3. The van der Waals surface area contributed by atoms with Gasteiger partial charge >= 0.3 is 20.1 Å². The Balaban J connectivity index is 0.000000294. The first-order valence-corrected chi connectivity index (χ1v) is 6.56. The molecule has 0 atom stereocenters. The van der Waals surface area contributed by atoms with Crippen LogP contribution in [0.15, 0.2) is 55.0 Å². The minimum absolute atomic E-state index is 0. The summed E-state index contributed by atoms with van der Waals surface area (Å²) in [6.07, 6.45) is 13.5. The van der Waals surface area contributed by atoms with Crippen molar-refractivity contribution in [2.24, 2.45) is 0 Å². The molecule has 0 unspecified atom stereocenters. The van der Waals surface area contributed by atoms with Gasteiger partial charge in [0.2, 0.25) is 0 Å². The van der Waals surface area contributed by atoms with E-state index in [1.807, 2.05) is 57.2 Å². The largest absolute Gasteiger partial charge is 3.00 e. The molecule has 22 heavy (non-hydrogen) atoms. The average Bonchev–Trinajstić information content (AvgIpc) is 2.51. The molecule has 0 aliphatic carbocycles. The van der Waals surface area contributed by atoms with Gasteiger partial charge in [-0.15, -0.1) is 16.7 Å². The first-order chi connectivity index (χ1) is 10.2. The fourth-order valence-corrected chi connectivity index (χ4v) is 1.22. The van der Waals surface area contributed by atoms with Gasteiger partial charge in [0.25, 0.3) is 0 Å². The topological polar surface area (TPSA) is 38.7 Å². The molecule has 0 N–H and O–H groups in total. The van der Waals surface area contributed by atoms with E-state index in [9.17, 15) is 0 Å². The molecule has 4 heteroatoms. The zero-order chi connectivity index (χ0) is 15.3. The maximum Gasteiger partial charge on any atom is 3.00 e. The van der Waals surface area contributed by atoms with Gasteiger partial charge in [-0.2, -0.15) is 36.4 Å². The van der Waals surface area contributed by atoms with Crippen molar-refractivity contribution in [3.63, 3.8) is 0 Å². The standard InChI is InChI=1S/3C6H6N.Ir/c3*1-6-3-2-4-7-5-6;/h3*2-4H,1H3;/q3*-1;+3. The fraction of sp³-hybridized carbons (Fsp3) is 0.167. The van der Waals surface area contributed by atoms with Gasteiger partial charge in [-0.25, -0.2) is 0 Å². The van der Waals surface area contributed by atoms with Crippen molar-refractivity contribution < 1.29 is 20.1 Å². The fourth-order valence-electron chi connectivity index (χ4n) is 1.22. The predicted molar refractivity (Wildman–Crippen MR) is 83.4 cm³/mol. The van der Waals surface area contributed by atoms with Crippen LogP contribution < -0.4 is 0 Å². The molecule has 0 aliphatic heterocycles. The van der Waals surface area contributed by atoms with Crippen LogP contribution in [-0.4, -0.2) is 15.0 Å². The molecule has 3 aromatic heterocycles. The molecule has 3 nitrogen and oxygen atoms in total. The van der Waals surface area contributed by atoms with Gasteiger partial charge in [0, 0.05) is 0 Å². The van der Waals surface area contributed by atoms with Crippen LogP contribution in [0.1, 0.15) is 16.7 Å². The van der Waals surface area contributed by atoms with E-state index in [2.05, 4.69) is 33.5 Å². The van der Waals surface area contributed by atoms with Crippen molar-refractivity contribution in [2.45, 2.75) is 20.8 Å². The van der Waals surface area contributed by atoms with Crippen LogP contribution in [0.25, 0.3) is 0 Å². The molecule has 0 saturated heterocycles. The van der Waals surface area contributed by atoms with E-state index < -0.39 is 0 Å². The van der Waals surface area contributed by atoms with E-state index in [1.54, 1.807) is 18.6 Å². The van der Waals surface area contributed by atoms with Crippen LogP contribution in [0.4, 0.5) is 0 Å². The number of hydrogen-bond donors (Lipinski definition) is 0. The summed E-state index contributed by atoms with van der Waals surface area (Å²) in [5, 5.41) is 0. The molecule has 3 heterocycles. The molecule has 0 spiro atoms. The first kappa shape index (κ1) is 20.1. The number of aryl methyl sites for hydroxylation is 3. The van der Waals surface area contributed by atoms with E-state index >= 15 is 0 Å². The van der Waals surface area contributed by atoms with Crippen molar-refractivity contribution in [3.8, 4) is 0 Å². The molecule has 3 aromatic rings. The zero-order valence-electron chi connectivity index (χ0n) is 12.9. The molecule has 0 aromatic carbocycles. The van der Waals surface area contributed by atoms with Crippen LogP contribution in [0, 0.1) is 39.4 Å². The molecular weight excluding hydrogens is 450 g/mol. The monoisotopic (exact) mass is 469 g/mol.